The predicted octanol–water partition coefficient (Wildman–Crippen LogP) is 3.22. The molecule has 0 bridgehead atoms. The molecule has 1 aromatic carbocycles. The molecular formula is C11H10F3NO. The van der Waals surface area contributed by atoms with E-state index in [4.69, 9.17) is 4.84 Å². The fourth-order valence-electron chi connectivity index (χ4n) is 1.15. The van der Waals surface area contributed by atoms with Crippen LogP contribution in [0, 0.1) is 0 Å². The van der Waals surface area contributed by atoms with Crippen molar-refractivity contribution in [2.24, 2.45) is 5.16 Å². The van der Waals surface area contributed by atoms with Gasteiger partial charge >= 0.3 is 6.18 Å². The first-order valence-electron chi connectivity index (χ1n) is 4.92. The summed E-state index contributed by atoms with van der Waals surface area (Å²) in [6.07, 6.45) is -0.920. The molecule has 2 rings (SSSR count). The first kappa shape index (κ1) is 11.0. The molecule has 1 aliphatic rings. The summed E-state index contributed by atoms with van der Waals surface area (Å²) in [5.74, 6) is 0. The van der Waals surface area contributed by atoms with Crippen LogP contribution < -0.4 is 0 Å². The van der Waals surface area contributed by atoms with Crippen LogP contribution in [-0.2, 0) is 11.0 Å². The van der Waals surface area contributed by atoms with E-state index in [1.807, 2.05) is 0 Å². The van der Waals surface area contributed by atoms with Crippen LogP contribution in [-0.4, -0.2) is 12.3 Å². The fourth-order valence-corrected chi connectivity index (χ4v) is 1.15. The Kier molecular flexibility index (Phi) is 2.85. The lowest BCUT2D eigenvalue weighted by Crippen LogP contribution is -2.05. The lowest BCUT2D eigenvalue weighted by atomic mass is 10.1. The molecule has 5 heteroatoms. The number of alkyl halides is 3. The molecule has 0 saturated heterocycles. The van der Waals surface area contributed by atoms with Gasteiger partial charge in [0.15, 0.2) is 0 Å². The second-order valence-electron chi connectivity index (χ2n) is 3.66. The molecular weight excluding hydrogens is 219 g/mol. The standard InChI is InChI=1S/C11H10F3NO/c12-11(13,14)9-3-1-2-8(6-9)7-15-16-10-4-5-10/h1-3,6-7,10H,4-5H2. The van der Waals surface area contributed by atoms with Gasteiger partial charge in [0, 0.05) is 0 Å². The minimum atomic E-state index is -4.32. The van der Waals surface area contributed by atoms with E-state index >= 15 is 0 Å². The molecule has 0 atom stereocenters. The number of halogens is 3. The van der Waals surface area contributed by atoms with Crippen molar-refractivity contribution in [3.63, 3.8) is 0 Å². The Morgan fingerprint density at radius 3 is 2.69 bits per heavy atom. The Morgan fingerprint density at radius 2 is 2.06 bits per heavy atom. The summed E-state index contributed by atoms with van der Waals surface area (Å²) in [4.78, 5) is 4.97. The molecule has 1 aliphatic carbocycles. The molecule has 2 nitrogen and oxygen atoms in total. The number of oxime groups is 1. The van der Waals surface area contributed by atoms with Gasteiger partial charge in [-0.1, -0.05) is 17.3 Å². The highest BCUT2D eigenvalue weighted by Gasteiger charge is 2.30. The zero-order valence-corrected chi connectivity index (χ0v) is 8.37. The third kappa shape index (κ3) is 2.98. The maximum absolute atomic E-state index is 12.4. The molecule has 0 N–H and O–H groups in total. The van der Waals surface area contributed by atoms with Gasteiger partial charge in [-0.3, -0.25) is 0 Å². The van der Waals surface area contributed by atoms with Gasteiger partial charge < -0.3 is 4.84 Å². The minimum absolute atomic E-state index is 0.155. The minimum Gasteiger partial charge on any atom is -0.392 e. The molecule has 1 saturated carbocycles. The van der Waals surface area contributed by atoms with Crippen molar-refractivity contribution in [2.75, 3.05) is 0 Å². The van der Waals surface area contributed by atoms with Crippen LogP contribution >= 0.6 is 0 Å². The van der Waals surface area contributed by atoms with Crippen LogP contribution in [0.25, 0.3) is 0 Å². The van der Waals surface area contributed by atoms with E-state index in [0.717, 1.165) is 25.0 Å². The van der Waals surface area contributed by atoms with Crippen molar-refractivity contribution >= 4 is 6.21 Å². The van der Waals surface area contributed by atoms with E-state index < -0.39 is 11.7 Å². The monoisotopic (exact) mass is 229 g/mol. The van der Waals surface area contributed by atoms with Gasteiger partial charge in [0.05, 0.1) is 11.8 Å². The molecule has 86 valence electrons. The van der Waals surface area contributed by atoms with E-state index in [0.29, 0.717) is 5.56 Å². The lowest BCUT2D eigenvalue weighted by Gasteiger charge is -2.06. The molecule has 1 fully saturated rings. The fraction of sp³-hybridized carbons (Fsp3) is 0.364. The third-order valence-corrected chi connectivity index (χ3v) is 2.15. The van der Waals surface area contributed by atoms with Crippen LogP contribution in [0.2, 0.25) is 0 Å². The van der Waals surface area contributed by atoms with E-state index in [1.54, 1.807) is 6.07 Å². The molecule has 0 amide bonds. The van der Waals surface area contributed by atoms with Crippen molar-refractivity contribution < 1.29 is 18.0 Å². The Balaban J connectivity index is 2.06. The van der Waals surface area contributed by atoms with Crippen molar-refractivity contribution in [2.45, 2.75) is 25.1 Å². The van der Waals surface area contributed by atoms with Gasteiger partial charge in [0.1, 0.15) is 6.10 Å². The molecule has 16 heavy (non-hydrogen) atoms. The summed E-state index contributed by atoms with van der Waals surface area (Å²) in [6, 6.07) is 4.97. The van der Waals surface area contributed by atoms with Gasteiger partial charge in [-0.2, -0.15) is 13.2 Å². The summed E-state index contributed by atoms with van der Waals surface area (Å²) in [7, 11) is 0. The molecule has 0 aromatic heterocycles. The summed E-state index contributed by atoms with van der Waals surface area (Å²) in [6.45, 7) is 0. The van der Waals surface area contributed by atoms with Gasteiger partial charge in [0.2, 0.25) is 0 Å². The van der Waals surface area contributed by atoms with E-state index in [9.17, 15) is 13.2 Å². The third-order valence-electron chi connectivity index (χ3n) is 2.15. The van der Waals surface area contributed by atoms with Crippen molar-refractivity contribution in [1.29, 1.82) is 0 Å². The molecule has 0 unspecified atom stereocenters. The van der Waals surface area contributed by atoms with Crippen LogP contribution in [0.4, 0.5) is 13.2 Å². The largest absolute Gasteiger partial charge is 0.416 e. The highest BCUT2D eigenvalue weighted by molar-refractivity contribution is 5.79. The van der Waals surface area contributed by atoms with Crippen molar-refractivity contribution in [3.05, 3.63) is 35.4 Å². The molecule has 0 heterocycles. The highest BCUT2D eigenvalue weighted by atomic mass is 19.4. The number of nitrogens with zero attached hydrogens (tertiary/aromatic N) is 1. The second kappa shape index (κ2) is 4.15. The summed E-state index contributed by atoms with van der Waals surface area (Å²) < 4.78 is 37.1. The van der Waals surface area contributed by atoms with Gasteiger partial charge in [-0.15, -0.1) is 0 Å². The zero-order valence-electron chi connectivity index (χ0n) is 8.37. The summed E-state index contributed by atoms with van der Waals surface area (Å²) in [5, 5.41) is 3.63. The number of hydrogen-bond donors (Lipinski definition) is 0. The Morgan fingerprint density at radius 1 is 1.31 bits per heavy atom. The first-order chi connectivity index (χ1) is 7.55. The lowest BCUT2D eigenvalue weighted by molar-refractivity contribution is -0.137. The number of hydrogen-bond acceptors (Lipinski definition) is 2. The van der Waals surface area contributed by atoms with Crippen molar-refractivity contribution in [1.82, 2.24) is 0 Å². The van der Waals surface area contributed by atoms with Gasteiger partial charge in [0.25, 0.3) is 0 Å². The van der Waals surface area contributed by atoms with Gasteiger partial charge in [-0.25, -0.2) is 0 Å². The molecule has 0 aliphatic heterocycles. The smallest absolute Gasteiger partial charge is 0.392 e. The number of benzene rings is 1. The Bertz CT molecular complexity index is 396. The van der Waals surface area contributed by atoms with Gasteiger partial charge in [-0.05, 0) is 30.5 Å². The normalized spacial score (nSPS) is 16.7. The van der Waals surface area contributed by atoms with E-state index in [2.05, 4.69) is 5.16 Å². The van der Waals surface area contributed by atoms with Crippen LogP contribution in [0.15, 0.2) is 29.4 Å². The number of rotatable bonds is 3. The van der Waals surface area contributed by atoms with E-state index in [-0.39, 0.29) is 6.10 Å². The van der Waals surface area contributed by atoms with Crippen molar-refractivity contribution in [3.8, 4) is 0 Å². The Labute approximate surface area is 90.7 Å². The highest BCUT2D eigenvalue weighted by Crippen LogP contribution is 2.29. The van der Waals surface area contributed by atoms with Crippen LogP contribution in [0.3, 0.4) is 0 Å². The molecule has 0 spiro atoms. The second-order valence-corrected chi connectivity index (χ2v) is 3.66. The summed E-state index contributed by atoms with van der Waals surface area (Å²) in [5.41, 5.74) is -0.293. The quantitative estimate of drug-likeness (QED) is 0.576. The maximum Gasteiger partial charge on any atom is 0.416 e. The van der Waals surface area contributed by atoms with E-state index in [1.165, 1.54) is 12.3 Å². The average Bonchev–Trinajstić information content (AvgIpc) is 3.01. The summed E-state index contributed by atoms with van der Waals surface area (Å²) >= 11 is 0. The van der Waals surface area contributed by atoms with Crippen LogP contribution in [0.5, 0.6) is 0 Å². The maximum atomic E-state index is 12.4. The molecule has 1 aromatic rings. The zero-order chi connectivity index (χ0) is 11.6. The SMILES string of the molecule is FC(F)(F)c1cccc(C=NOC2CC2)c1. The Hall–Kier alpha value is -1.52. The predicted molar refractivity (Wildman–Crippen MR) is 53.1 cm³/mol. The average molecular weight is 229 g/mol. The first-order valence-corrected chi connectivity index (χ1v) is 4.92. The topological polar surface area (TPSA) is 21.6 Å². The van der Waals surface area contributed by atoms with Crippen LogP contribution in [0.1, 0.15) is 24.0 Å². The molecule has 0 radical (unpaired) electrons.